The van der Waals surface area contributed by atoms with Gasteiger partial charge in [0.05, 0.1) is 11.0 Å². The summed E-state index contributed by atoms with van der Waals surface area (Å²) in [5.41, 5.74) is 0. The Morgan fingerprint density at radius 3 is 2.17 bits per heavy atom. The molecule has 1 atom stereocenters. The molecule has 1 aromatic rings. The molecule has 9 heteroatoms. The standard InChI is InChI=1S/C9H13NO6S2/c11-8(7-17(12,13)14)6-10-18(15,16)9-4-2-1-3-5-9/h1-5,8,10-11H,6-7H2,(H,12,13,14). The minimum absolute atomic E-state index is 0.00376. The molecule has 0 amide bonds. The van der Waals surface area contributed by atoms with Gasteiger partial charge < -0.3 is 5.11 Å². The first-order valence-corrected chi connectivity index (χ1v) is 7.98. The van der Waals surface area contributed by atoms with Crippen LogP contribution in [-0.2, 0) is 20.1 Å². The summed E-state index contributed by atoms with van der Waals surface area (Å²) in [7, 11) is -8.14. The molecule has 0 saturated carbocycles. The van der Waals surface area contributed by atoms with E-state index >= 15 is 0 Å². The first-order valence-electron chi connectivity index (χ1n) is 4.89. The van der Waals surface area contributed by atoms with Crippen molar-refractivity contribution in [2.24, 2.45) is 0 Å². The van der Waals surface area contributed by atoms with E-state index in [0.29, 0.717) is 0 Å². The summed E-state index contributed by atoms with van der Waals surface area (Å²) in [5.74, 6) is -0.926. The molecule has 1 unspecified atom stereocenters. The van der Waals surface area contributed by atoms with Crippen LogP contribution in [-0.4, -0.2) is 44.9 Å². The van der Waals surface area contributed by atoms with Crippen LogP contribution in [0.4, 0.5) is 0 Å². The van der Waals surface area contributed by atoms with Gasteiger partial charge in [-0.2, -0.15) is 8.42 Å². The van der Waals surface area contributed by atoms with Gasteiger partial charge in [-0.1, -0.05) is 18.2 Å². The molecule has 3 N–H and O–H groups in total. The van der Waals surface area contributed by atoms with Crippen LogP contribution in [0.25, 0.3) is 0 Å². The Hall–Kier alpha value is -1.00. The van der Waals surface area contributed by atoms with Crippen molar-refractivity contribution in [1.29, 1.82) is 0 Å². The monoisotopic (exact) mass is 295 g/mol. The highest BCUT2D eigenvalue weighted by molar-refractivity contribution is 7.89. The first-order chi connectivity index (χ1) is 8.21. The van der Waals surface area contributed by atoms with Crippen molar-refractivity contribution in [2.45, 2.75) is 11.0 Å². The molecule has 0 radical (unpaired) electrons. The second-order valence-corrected chi connectivity index (χ2v) is 6.83. The maximum absolute atomic E-state index is 11.7. The van der Waals surface area contributed by atoms with Crippen LogP contribution in [0.2, 0.25) is 0 Å². The average molecular weight is 295 g/mol. The van der Waals surface area contributed by atoms with Crippen LogP contribution in [0.5, 0.6) is 0 Å². The molecule has 7 nitrogen and oxygen atoms in total. The Balaban J connectivity index is 2.64. The highest BCUT2D eigenvalue weighted by Crippen LogP contribution is 2.06. The van der Waals surface area contributed by atoms with Crippen LogP contribution >= 0.6 is 0 Å². The minimum atomic E-state index is -4.34. The van der Waals surface area contributed by atoms with Gasteiger partial charge in [0.15, 0.2) is 0 Å². The SMILES string of the molecule is O=S(=O)(O)CC(O)CNS(=O)(=O)c1ccccc1. The summed E-state index contributed by atoms with van der Waals surface area (Å²) in [4.78, 5) is 0.00376. The van der Waals surface area contributed by atoms with Gasteiger partial charge in [0.2, 0.25) is 10.0 Å². The number of hydrogen-bond acceptors (Lipinski definition) is 5. The van der Waals surface area contributed by atoms with Crippen molar-refractivity contribution in [3.63, 3.8) is 0 Å². The molecule has 0 aliphatic rings. The Kier molecular flexibility index (Phi) is 4.82. The average Bonchev–Trinajstić information content (AvgIpc) is 2.26. The maximum atomic E-state index is 11.7. The fraction of sp³-hybridized carbons (Fsp3) is 0.333. The van der Waals surface area contributed by atoms with E-state index < -0.39 is 38.5 Å². The molecule has 18 heavy (non-hydrogen) atoms. The normalized spacial score (nSPS) is 14.3. The Bertz CT molecular complexity index is 581. The van der Waals surface area contributed by atoms with Crippen molar-refractivity contribution in [3.05, 3.63) is 30.3 Å². The molecule has 0 bridgehead atoms. The number of nitrogens with one attached hydrogen (secondary N) is 1. The molecule has 0 aromatic heterocycles. The number of hydrogen-bond donors (Lipinski definition) is 3. The molecular weight excluding hydrogens is 282 g/mol. The number of benzene rings is 1. The molecule has 1 rings (SSSR count). The zero-order chi connectivity index (χ0) is 13.8. The Labute approximate surface area is 105 Å². The summed E-state index contributed by atoms with van der Waals surface area (Å²) in [6.45, 7) is -0.503. The zero-order valence-electron chi connectivity index (χ0n) is 9.22. The van der Waals surface area contributed by atoms with Gasteiger partial charge in [0, 0.05) is 6.54 Å². The summed E-state index contributed by atoms with van der Waals surface area (Å²) in [6, 6.07) is 7.42. The van der Waals surface area contributed by atoms with E-state index in [1.165, 1.54) is 24.3 Å². The number of aliphatic hydroxyl groups excluding tert-OH is 1. The molecule has 0 aliphatic heterocycles. The van der Waals surface area contributed by atoms with Crippen molar-refractivity contribution < 1.29 is 26.5 Å². The van der Waals surface area contributed by atoms with E-state index in [2.05, 4.69) is 0 Å². The molecule has 0 saturated heterocycles. The minimum Gasteiger partial charge on any atom is -0.391 e. The number of sulfonamides is 1. The van der Waals surface area contributed by atoms with E-state index in [1.54, 1.807) is 6.07 Å². The molecular formula is C9H13NO6S2. The van der Waals surface area contributed by atoms with Crippen molar-refractivity contribution in [3.8, 4) is 0 Å². The van der Waals surface area contributed by atoms with Gasteiger partial charge in [-0.05, 0) is 12.1 Å². The fourth-order valence-electron chi connectivity index (χ4n) is 1.19. The van der Waals surface area contributed by atoms with Crippen LogP contribution in [0.1, 0.15) is 0 Å². The van der Waals surface area contributed by atoms with Gasteiger partial charge in [-0.15, -0.1) is 0 Å². The molecule has 0 spiro atoms. The second kappa shape index (κ2) is 5.76. The van der Waals surface area contributed by atoms with Crippen molar-refractivity contribution >= 4 is 20.1 Å². The summed E-state index contributed by atoms with van der Waals surface area (Å²) >= 11 is 0. The van der Waals surface area contributed by atoms with E-state index in [-0.39, 0.29) is 4.90 Å². The first kappa shape index (κ1) is 15.1. The van der Waals surface area contributed by atoms with E-state index in [1.807, 2.05) is 4.72 Å². The smallest absolute Gasteiger partial charge is 0.267 e. The maximum Gasteiger partial charge on any atom is 0.267 e. The lowest BCUT2D eigenvalue weighted by Crippen LogP contribution is -2.35. The molecule has 0 fully saturated rings. The lowest BCUT2D eigenvalue weighted by atomic mass is 10.4. The fourth-order valence-corrected chi connectivity index (χ4v) is 2.89. The van der Waals surface area contributed by atoms with Crippen molar-refractivity contribution in [1.82, 2.24) is 4.72 Å². The van der Waals surface area contributed by atoms with E-state index in [4.69, 9.17) is 4.55 Å². The zero-order valence-corrected chi connectivity index (χ0v) is 10.9. The molecule has 0 heterocycles. The predicted octanol–water partition coefficient (Wildman–Crippen LogP) is -0.786. The number of aliphatic hydroxyl groups is 1. The number of rotatable bonds is 6. The Morgan fingerprint density at radius 1 is 1.11 bits per heavy atom. The van der Waals surface area contributed by atoms with E-state index in [0.717, 1.165) is 0 Å². The van der Waals surface area contributed by atoms with Gasteiger partial charge in [-0.3, -0.25) is 4.55 Å². The van der Waals surface area contributed by atoms with Crippen LogP contribution in [0.3, 0.4) is 0 Å². The van der Waals surface area contributed by atoms with E-state index in [9.17, 15) is 21.9 Å². The predicted molar refractivity (Wildman–Crippen MR) is 64.1 cm³/mol. The van der Waals surface area contributed by atoms with Gasteiger partial charge >= 0.3 is 0 Å². The third-order valence-corrected chi connectivity index (χ3v) is 4.21. The molecule has 0 aliphatic carbocycles. The lowest BCUT2D eigenvalue weighted by molar-refractivity contribution is 0.198. The van der Waals surface area contributed by atoms with Gasteiger partial charge in [0.1, 0.15) is 5.75 Å². The third-order valence-electron chi connectivity index (χ3n) is 1.97. The van der Waals surface area contributed by atoms with Crippen LogP contribution < -0.4 is 4.72 Å². The lowest BCUT2D eigenvalue weighted by Gasteiger charge is -2.10. The summed E-state index contributed by atoms with van der Waals surface area (Å²) in [5, 5.41) is 9.23. The van der Waals surface area contributed by atoms with Crippen LogP contribution in [0.15, 0.2) is 35.2 Å². The highest BCUT2D eigenvalue weighted by atomic mass is 32.2. The topological polar surface area (TPSA) is 121 Å². The summed E-state index contributed by atoms with van der Waals surface area (Å²) < 4.78 is 54.8. The second-order valence-electron chi connectivity index (χ2n) is 3.57. The van der Waals surface area contributed by atoms with Gasteiger partial charge in [-0.25, -0.2) is 13.1 Å². The third kappa shape index (κ3) is 5.10. The quantitative estimate of drug-likeness (QED) is 0.592. The molecule has 102 valence electrons. The van der Waals surface area contributed by atoms with Crippen molar-refractivity contribution in [2.75, 3.05) is 12.3 Å². The molecule has 1 aromatic carbocycles. The van der Waals surface area contributed by atoms with Crippen LogP contribution in [0, 0.1) is 0 Å². The van der Waals surface area contributed by atoms with Gasteiger partial charge in [0.25, 0.3) is 10.1 Å². The largest absolute Gasteiger partial charge is 0.391 e. The Morgan fingerprint density at radius 2 is 1.67 bits per heavy atom. The highest BCUT2D eigenvalue weighted by Gasteiger charge is 2.18. The summed E-state index contributed by atoms with van der Waals surface area (Å²) in [6.07, 6.45) is -1.52.